The van der Waals surface area contributed by atoms with Gasteiger partial charge in [-0.2, -0.15) is 0 Å². The second-order valence-corrected chi connectivity index (χ2v) is 5.05. The molecule has 2 heterocycles. The van der Waals surface area contributed by atoms with Gasteiger partial charge >= 0.3 is 0 Å². The fourth-order valence-corrected chi connectivity index (χ4v) is 2.73. The molecule has 1 atom stereocenters. The molecule has 2 aliphatic heterocycles. The van der Waals surface area contributed by atoms with Crippen molar-refractivity contribution in [3.63, 3.8) is 0 Å². The van der Waals surface area contributed by atoms with E-state index in [0.29, 0.717) is 12.5 Å². The normalized spacial score (nSPS) is 29.8. The van der Waals surface area contributed by atoms with Gasteiger partial charge in [-0.3, -0.25) is 0 Å². The number of piperidine rings is 1. The summed E-state index contributed by atoms with van der Waals surface area (Å²) in [4.78, 5) is 2.56. The summed E-state index contributed by atoms with van der Waals surface area (Å²) in [5.74, 6) is 0.575. The lowest BCUT2D eigenvalue weighted by Crippen LogP contribution is -2.37. The summed E-state index contributed by atoms with van der Waals surface area (Å²) in [6, 6.07) is 0.778. The first-order valence-corrected chi connectivity index (χ1v) is 6.45. The van der Waals surface area contributed by atoms with Crippen LogP contribution in [0.2, 0.25) is 0 Å². The fourth-order valence-electron chi connectivity index (χ4n) is 2.73. The summed E-state index contributed by atoms with van der Waals surface area (Å²) in [7, 11) is 0. The van der Waals surface area contributed by atoms with Crippen LogP contribution in [0.5, 0.6) is 0 Å². The molecule has 3 nitrogen and oxygen atoms in total. The second kappa shape index (κ2) is 5.83. The monoisotopic (exact) mass is 212 g/mol. The number of nitrogens with zero attached hydrogens (tertiary/aromatic N) is 1. The molecule has 15 heavy (non-hydrogen) atoms. The van der Waals surface area contributed by atoms with Gasteiger partial charge in [0.2, 0.25) is 0 Å². The van der Waals surface area contributed by atoms with Crippen LogP contribution < -0.4 is 5.32 Å². The van der Waals surface area contributed by atoms with Crippen LogP contribution >= 0.6 is 0 Å². The van der Waals surface area contributed by atoms with Crippen LogP contribution in [0.15, 0.2) is 0 Å². The fraction of sp³-hybridized carbons (Fsp3) is 1.00. The molecule has 0 aromatic rings. The Bertz CT molecular complexity index is 172. The third-order valence-corrected chi connectivity index (χ3v) is 3.92. The zero-order chi connectivity index (χ0) is 10.5. The van der Waals surface area contributed by atoms with Crippen molar-refractivity contribution in [3.8, 4) is 0 Å². The Hall–Kier alpha value is -0.120. The molecule has 0 spiro atoms. The third kappa shape index (κ3) is 3.44. The molecule has 0 saturated carbocycles. The summed E-state index contributed by atoms with van der Waals surface area (Å²) in [5.41, 5.74) is 0. The highest BCUT2D eigenvalue weighted by Crippen LogP contribution is 2.17. The van der Waals surface area contributed by atoms with Crippen LogP contribution in [-0.2, 0) is 0 Å². The summed E-state index contributed by atoms with van der Waals surface area (Å²) in [5, 5.41) is 12.6. The van der Waals surface area contributed by atoms with E-state index >= 15 is 0 Å². The summed E-state index contributed by atoms with van der Waals surface area (Å²) < 4.78 is 0. The first-order chi connectivity index (χ1) is 7.38. The number of aliphatic hydroxyl groups is 1. The second-order valence-electron chi connectivity index (χ2n) is 5.05. The first-order valence-electron chi connectivity index (χ1n) is 6.45. The lowest BCUT2D eigenvalue weighted by atomic mass is 9.97. The lowest BCUT2D eigenvalue weighted by Gasteiger charge is -2.31. The van der Waals surface area contributed by atoms with Crippen LogP contribution in [0, 0.1) is 5.92 Å². The van der Waals surface area contributed by atoms with Crippen molar-refractivity contribution in [3.05, 3.63) is 0 Å². The molecule has 0 amide bonds. The SMILES string of the molecule is OCC1CCN(CCC2CCCN2)CC1. The van der Waals surface area contributed by atoms with E-state index in [-0.39, 0.29) is 0 Å². The Morgan fingerprint density at radius 1 is 1.20 bits per heavy atom. The van der Waals surface area contributed by atoms with Crippen LogP contribution in [0.1, 0.15) is 32.1 Å². The van der Waals surface area contributed by atoms with Crippen LogP contribution in [0.3, 0.4) is 0 Å². The average Bonchev–Trinajstić information content (AvgIpc) is 2.80. The zero-order valence-electron chi connectivity index (χ0n) is 9.62. The van der Waals surface area contributed by atoms with Gasteiger partial charge in [0.15, 0.2) is 0 Å². The Morgan fingerprint density at radius 3 is 2.60 bits per heavy atom. The molecule has 0 aliphatic carbocycles. The maximum atomic E-state index is 9.05. The first kappa shape index (κ1) is 11.4. The van der Waals surface area contributed by atoms with E-state index in [1.54, 1.807) is 0 Å². The van der Waals surface area contributed by atoms with Gasteiger partial charge in [-0.1, -0.05) is 0 Å². The standard InChI is InChI=1S/C12H24N2O/c15-10-11-3-7-14(8-4-11)9-5-12-2-1-6-13-12/h11-13,15H,1-10H2. The number of aliphatic hydroxyl groups excluding tert-OH is 1. The van der Waals surface area contributed by atoms with Crippen LogP contribution in [0.4, 0.5) is 0 Å². The van der Waals surface area contributed by atoms with E-state index in [0.717, 1.165) is 6.04 Å². The van der Waals surface area contributed by atoms with E-state index in [1.165, 1.54) is 58.3 Å². The molecule has 2 saturated heterocycles. The third-order valence-electron chi connectivity index (χ3n) is 3.92. The number of likely N-dealkylation sites (tertiary alicyclic amines) is 1. The van der Waals surface area contributed by atoms with Crippen molar-refractivity contribution in [1.29, 1.82) is 0 Å². The topological polar surface area (TPSA) is 35.5 Å². The molecule has 0 aromatic carbocycles. The molecule has 0 bridgehead atoms. The Kier molecular flexibility index (Phi) is 4.42. The molecule has 1 unspecified atom stereocenters. The number of hydrogen-bond acceptors (Lipinski definition) is 3. The van der Waals surface area contributed by atoms with Gasteiger partial charge in [-0.15, -0.1) is 0 Å². The van der Waals surface area contributed by atoms with Gasteiger partial charge < -0.3 is 15.3 Å². The zero-order valence-corrected chi connectivity index (χ0v) is 9.62. The van der Waals surface area contributed by atoms with Crippen molar-refractivity contribution in [2.45, 2.75) is 38.1 Å². The maximum absolute atomic E-state index is 9.05. The quantitative estimate of drug-likeness (QED) is 0.724. The van der Waals surface area contributed by atoms with Crippen LogP contribution in [-0.4, -0.2) is 48.8 Å². The van der Waals surface area contributed by atoms with E-state index in [4.69, 9.17) is 5.11 Å². The van der Waals surface area contributed by atoms with Crippen molar-refractivity contribution in [2.75, 3.05) is 32.8 Å². The van der Waals surface area contributed by atoms with Crippen LogP contribution in [0.25, 0.3) is 0 Å². The number of hydrogen-bond donors (Lipinski definition) is 2. The Balaban J connectivity index is 1.59. The molecular formula is C12H24N2O. The Morgan fingerprint density at radius 2 is 2.00 bits per heavy atom. The lowest BCUT2D eigenvalue weighted by molar-refractivity contribution is 0.129. The molecule has 0 radical (unpaired) electrons. The predicted molar refractivity (Wildman–Crippen MR) is 61.9 cm³/mol. The van der Waals surface area contributed by atoms with E-state index < -0.39 is 0 Å². The van der Waals surface area contributed by atoms with Gasteiger partial charge in [0.25, 0.3) is 0 Å². The van der Waals surface area contributed by atoms with Gasteiger partial charge in [0.1, 0.15) is 0 Å². The largest absolute Gasteiger partial charge is 0.396 e. The summed E-state index contributed by atoms with van der Waals surface area (Å²) in [6.45, 7) is 5.24. The maximum Gasteiger partial charge on any atom is 0.0460 e. The molecule has 2 aliphatic rings. The molecular weight excluding hydrogens is 188 g/mol. The van der Waals surface area contributed by atoms with Crippen molar-refractivity contribution in [2.24, 2.45) is 5.92 Å². The average molecular weight is 212 g/mol. The molecule has 0 aromatic heterocycles. The minimum absolute atomic E-state index is 0.387. The van der Waals surface area contributed by atoms with Crippen molar-refractivity contribution >= 4 is 0 Å². The van der Waals surface area contributed by atoms with Gasteiger partial charge in [0, 0.05) is 12.6 Å². The van der Waals surface area contributed by atoms with Gasteiger partial charge in [-0.25, -0.2) is 0 Å². The Labute approximate surface area is 92.8 Å². The highest BCUT2D eigenvalue weighted by Gasteiger charge is 2.20. The molecule has 88 valence electrons. The van der Waals surface area contributed by atoms with E-state index in [2.05, 4.69) is 10.2 Å². The van der Waals surface area contributed by atoms with Gasteiger partial charge in [-0.05, 0) is 64.2 Å². The molecule has 2 rings (SSSR count). The minimum Gasteiger partial charge on any atom is -0.396 e. The van der Waals surface area contributed by atoms with E-state index in [1.807, 2.05) is 0 Å². The predicted octanol–water partition coefficient (Wildman–Crippen LogP) is 0.833. The van der Waals surface area contributed by atoms with E-state index in [9.17, 15) is 0 Å². The molecule has 3 heteroatoms. The summed E-state index contributed by atoms with van der Waals surface area (Å²) >= 11 is 0. The summed E-state index contributed by atoms with van der Waals surface area (Å²) in [6.07, 6.45) is 6.41. The number of nitrogens with one attached hydrogen (secondary N) is 1. The van der Waals surface area contributed by atoms with Crippen molar-refractivity contribution < 1.29 is 5.11 Å². The smallest absolute Gasteiger partial charge is 0.0460 e. The molecule has 2 N–H and O–H groups in total. The minimum atomic E-state index is 0.387. The van der Waals surface area contributed by atoms with Crippen molar-refractivity contribution in [1.82, 2.24) is 10.2 Å². The van der Waals surface area contributed by atoms with Gasteiger partial charge in [0.05, 0.1) is 0 Å². The molecule has 2 fully saturated rings. The number of rotatable bonds is 4. The highest BCUT2D eigenvalue weighted by atomic mass is 16.3. The highest BCUT2D eigenvalue weighted by molar-refractivity contribution is 4.77.